The number of benzene rings is 1. The number of carbonyl (C=O) groups excluding carboxylic acids is 1. The first-order valence-corrected chi connectivity index (χ1v) is 7.10. The quantitative estimate of drug-likeness (QED) is 0.893. The van der Waals surface area contributed by atoms with Crippen molar-refractivity contribution in [2.75, 3.05) is 26.3 Å². The molecule has 2 aliphatic rings. The van der Waals surface area contributed by atoms with Gasteiger partial charge in [0.25, 0.3) is 0 Å². The van der Waals surface area contributed by atoms with E-state index in [-0.39, 0.29) is 25.0 Å². The average molecular weight is 317 g/mol. The molecule has 2 aromatic rings. The Hall–Kier alpha value is -2.90. The van der Waals surface area contributed by atoms with Gasteiger partial charge in [0.05, 0.1) is 20.4 Å². The Morgan fingerprint density at radius 2 is 2.04 bits per heavy atom. The molecule has 0 radical (unpaired) electrons. The van der Waals surface area contributed by atoms with Crippen LogP contribution in [-0.4, -0.2) is 37.1 Å². The van der Waals surface area contributed by atoms with Crippen LogP contribution in [0.5, 0.6) is 23.0 Å². The fourth-order valence-electron chi connectivity index (χ4n) is 3.09. The van der Waals surface area contributed by atoms with Gasteiger partial charge < -0.3 is 24.3 Å². The van der Waals surface area contributed by atoms with Crippen molar-refractivity contribution < 1.29 is 23.7 Å². The Kier molecular flexibility index (Phi) is 3.03. The minimum atomic E-state index is -0.212. The third-order valence-corrected chi connectivity index (χ3v) is 4.08. The molecule has 0 saturated carbocycles. The van der Waals surface area contributed by atoms with E-state index in [1.54, 1.807) is 20.4 Å². The smallest absolute Gasteiger partial charge is 0.231 e. The zero-order valence-electron chi connectivity index (χ0n) is 12.6. The lowest BCUT2D eigenvalue weighted by Gasteiger charge is -2.25. The van der Waals surface area contributed by atoms with Crippen LogP contribution in [0.4, 0.5) is 5.82 Å². The zero-order chi connectivity index (χ0) is 16.0. The zero-order valence-corrected chi connectivity index (χ0v) is 12.6. The number of hydrogen-bond acceptors (Lipinski definition) is 6. The molecule has 3 heterocycles. The van der Waals surface area contributed by atoms with Crippen LogP contribution in [-0.2, 0) is 4.79 Å². The van der Waals surface area contributed by atoms with Crippen LogP contribution in [0.1, 0.15) is 23.5 Å². The predicted octanol–water partition coefficient (Wildman–Crippen LogP) is 1.63. The number of rotatable bonds is 3. The van der Waals surface area contributed by atoms with E-state index < -0.39 is 0 Å². The maximum atomic E-state index is 12.0. The minimum Gasteiger partial charge on any atom is -0.492 e. The topological polar surface area (TPSA) is 94.7 Å². The highest BCUT2D eigenvalue weighted by atomic mass is 16.7. The molecule has 4 rings (SSSR count). The van der Waals surface area contributed by atoms with Gasteiger partial charge in [-0.15, -0.1) is 0 Å². The second-order valence-electron chi connectivity index (χ2n) is 5.27. The summed E-state index contributed by atoms with van der Waals surface area (Å²) in [5.41, 5.74) is 1.69. The largest absolute Gasteiger partial charge is 0.492 e. The van der Waals surface area contributed by atoms with E-state index >= 15 is 0 Å². The average Bonchev–Trinajstić information content (AvgIpc) is 3.20. The van der Waals surface area contributed by atoms with Gasteiger partial charge in [-0.2, -0.15) is 5.10 Å². The summed E-state index contributed by atoms with van der Waals surface area (Å²) < 4.78 is 21.9. The molecule has 2 N–H and O–H groups in total. The van der Waals surface area contributed by atoms with Crippen molar-refractivity contribution in [1.29, 1.82) is 0 Å². The van der Waals surface area contributed by atoms with Gasteiger partial charge in [0.1, 0.15) is 5.82 Å². The lowest BCUT2D eigenvalue weighted by molar-refractivity contribution is -0.116. The third kappa shape index (κ3) is 1.98. The van der Waals surface area contributed by atoms with E-state index in [9.17, 15) is 4.79 Å². The molecule has 0 saturated heterocycles. The number of carbonyl (C=O) groups is 1. The van der Waals surface area contributed by atoms with Crippen LogP contribution in [0.3, 0.4) is 0 Å². The van der Waals surface area contributed by atoms with Crippen molar-refractivity contribution in [1.82, 2.24) is 10.2 Å². The molecule has 0 spiro atoms. The summed E-state index contributed by atoms with van der Waals surface area (Å²) in [6, 6.07) is 1.84. The molecule has 1 amide bonds. The number of aromatic nitrogens is 2. The van der Waals surface area contributed by atoms with Crippen LogP contribution in [0.15, 0.2) is 12.3 Å². The van der Waals surface area contributed by atoms with Crippen molar-refractivity contribution >= 4 is 11.7 Å². The van der Waals surface area contributed by atoms with Crippen molar-refractivity contribution in [2.24, 2.45) is 0 Å². The normalized spacial score (nSPS) is 18.3. The summed E-state index contributed by atoms with van der Waals surface area (Å²) in [5, 5.41) is 9.59. The number of amides is 1. The van der Waals surface area contributed by atoms with Crippen molar-refractivity contribution in [2.45, 2.75) is 12.3 Å². The molecule has 0 bridgehead atoms. The Balaban J connectivity index is 1.92. The van der Waals surface area contributed by atoms with Crippen LogP contribution in [0.2, 0.25) is 0 Å². The molecule has 23 heavy (non-hydrogen) atoms. The molecule has 0 fully saturated rings. The summed E-state index contributed by atoms with van der Waals surface area (Å²) >= 11 is 0. The summed E-state index contributed by atoms with van der Waals surface area (Å²) in [7, 11) is 3.10. The summed E-state index contributed by atoms with van der Waals surface area (Å²) in [6.07, 6.45) is 1.99. The minimum absolute atomic E-state index is 0.0922. The Labute approximate surface area is 131 Å². The molecular weight excluding hydrogens is 302 g/mol. The Bertz CT molecular complexity index is 786. The standard InChI is InChI=1S/C15H15N3O5/c1-20-12-8(3-10-13(14(12)21-2)23-6-22-10)7-4-11(19)17-15-9(7)5-16-18-15/h3,5,7H,4,6H2,1-2H3,(H2,16,17,18,19)/t7-/m0/s1. The first kappa shape index (κ1) is 13.7. The van der Waals surface area contributed by atoms with Gasteiger partial charge in [0, 0.05) is 23.5 Å². The molecule has 8 nitrogen and oxygen atoms in total. The van der Waals surface area contributed by atoms with Gasteiger partial charge in [0.15, 0.2) is 11.5 Å². The van der Waals surface area contributed by atoms with Crippen LogP contribution in [0.25, 0.3) is 0 Å². The number of nitrogens with zero attached hydrogens (tertiary/aromatic N) is 1. The summed E-state index contributed by atoms with van der Waals surface area (Å²) in [4.78, 5) is 12.0. The highest BCUT2D eigenvalue weighted by Crippen LogP contribution is 2.53. The molecule has 0 aliphatic carbocycles. The highest BCUT2D eigenvalue weighted by molar-refractivity contribution is 5.94. The fraction of sp³-hybridized carbons (Fsp3) is 0.333. The number of methoxy groups -OCH3 is 2. The van der Waals surface area contributed by atoms with Gasteiger partial charge in [-0.1, -0.05) is 0 Å². The van der Waals surface area contributed by atoms with E-state index in [4.69, 9.17) is 18.9 Å². The van der Waals surface area contributed by atoms with Crippen molar-refractivity contribution in [3.63, 3.8) is 0 Å². The second-order valence-corrected chi connectivity index (χ2v) is 5.27. The van der Waals surface area contributed by atoms with E-state index in [1.165, 1.54) is 0 Å². The molecule has 1 atom stereocenters. The maximum Gasteiger partial charge on any atom is 0.231 e. The van der Waals surface area contributed by atoms with Gasteiger partial charge in [-0.3, -0.25) is 9.89 Å². The van der Waals surface area contributed by atoms with Crippen LogP contribution in [0, 0.1) is 0 Å². The van der Waals surface area contributed by atoms with Gasteiger partial charge >= 0.3 is 0 Å². The SMILES string of the molecule is COc1c([C@@H]2CC(=O)Nc3[nH]ncc32)cc2c(c1OC)OCO2. The van der Waals surface area contributed by atoms with Gasteiger partial charge in [-0.05, 0) is 6.07 Å². The molecule has 8 heteroatoms. The summed E-state index contributed by atoms with van der Waals surface area (Å²) in [5.74, 6) is 2.39. The third-order valence-electron chi connectivity index (χ3n) is 4.08. The number of nitrogens with one attached hydrogen (secondary N) is 2. The van der Waals surface area contributed by atoms with Gasteiger partial charge in [0.2, 0.25) is 24.2 Å². The molecule has 1 aromatic heterocycles. The van der Waals surface area contributed by atoms with E-state index in [2.05, 4.69) is 15.5 Å². The monoisotopic (exact) mass is 317 g/mol. The van der Waals surface area contributed by atoms with Crippen molar-refractivity contribution in [3.8, 4) is 23.0 Å². The number of H-pyrrole nitrogens is 1. The molecule has 0 unspecified atom stereocenters. The number of hydrogen-bond donors (Lipinski definition) is 2. The molecule has 120 valence electrons. The number of fused-ring (bicyclic) bond motifs is 2. The number of anilines is 1. The first-order valence-electron chi connectivity index (χ1n) is 7.10. The van der Waals surface area contributed by atoms with Crippen molar-refractivity contribution in [3.05, 3.63) is 23.4 Å². The van der Waals surface area contributed by atoms with E-state index in [0.29, 0.717) is 28.8 Å². The lowest BCUT2D eigenvalue weighted by Crippen LogP contribution is -2.23. The van der Waals surface area contributed by atoms with Crippen LogP contribution < -0.4 is 24.3 Å². The number of aromatic amines is 1. The molecule has 2 aliphatic heterocycles. The van der Waals surface area contributed by atoms with E-state index in [0.717, 1.165) is 11.1 Å². The molecule has 1 aromatic carbocycles. The first-order chi connectivity index (χ1) is 11.2. The Morgan fingerprint density at radius 3 is 2.83 bits per heavy atom. The second kappa shape index (κ2) is 5.08. The predicted molar refractivity (Wildman–Crippen MR) is 79.3 cm³/mol. The maximum absolute atomic E-state index is 12.0. The highest BCUT2D eigenvalue weighted by Gasteiger charge is 2.34. The van der Waals surface area contributed by atoms with Crippen LogP contribution >= 0.6 is 0 Å². The fourth-order valence-corrected chi connectivity index (χ4v) is 3.09. The number of ether oxygens (including phenoxy) is 4. The van der Waals surface area contributed by atoms with Gasteiger partial charge in [-0.25, -0.2) is 0 Å². The Morgan fingerprint density at radius 1 is 1.22 bits per heavy atom. The molecular formula is C15H15N3O5. The van der Waals surface area contributed by atoms with E-state index in [1.807, 2.05) is 6.07 Å². The lowest BCUT2D eigenvalue weighted by atomic mass is 9.86. The summed E-state index contributed by atoms with van der Waals surface area (Å²) in [6.45, 7) is 0.125.